The average molecular weight is 358 g/mol. The molecule has 26 heavy (non-hydrogen) atoms. The predicted octanol–water partition coefficient (Wildman–Crippen LogP) is 3.73. The van der Waals surface area contributed by atoms with Crippen LogP contribution in [0.4, 0.5) is 4.79 Å². The molecule has 2 aromatic rings. The van der Waals surface area contributed by atoms with Crippen molar-refractivity contribution in [3.63, 3.8) is 0 Å². The monoisotopic (exact) mass is 358 g/mol. The summed E-state index contributed by atoms with van der Waals surface area (Å²) >= 11 is 0. The summed E-state index contributed by atoms with van der Waals surface area (Å²) in [4.78, 5) is 26.2. The number of aryl methyl sites for hydroxylation is 1. The first-order valence-electron chi connectivity index (χ1n) is 9.20. The zero-order valence-corrected chi connectivity index (χ0v) is 15.6. The normalized spacial score (nSPS) is 18.6. The van der Waals surface area contributed by atoms with Crippen LogP contribution in [0.15, 0.2) is 28.7 Å². The number of ether oxygens (including phenoxy) is 1. The van der Waals surface area contributed by atoms with Gasteiger partial charge in [-0.2, -0.15) is 0 Å². The molecular weight excluding hydrogens is 332 g/mol. The lowest BCUT2D eigenvalue weighted by molar-refractivity contribution is 0.0779. The zero-order chi connectivity index (χ0) is 18.7. The Morgan fingerprint density at radius 2 is 2.19 bits per heavy atom. The number of rotatable bonds is 4. The molecular formula is C20H26N2O4. The second-order valence-corrected chi connectivity index (χ2v) is 6.96. The molecule has 2 heterocycles. The average Bonchev–Trinajstić information content (AvgIpc) is 3.05. The van der Waals surface area contributed by atoms with Crippen molar-refractivity contribution in [3.05, 3.63) is 35.6 Å². The van der Waals surface area contributed by atoms with Gasteiger partial charge < -0.3 is 19.4 Å². The van der Waals surface area contributed by atoms with Crippen molar-refractivity contribution in [3.8, 4) is 0 Å². The van der Waals surface area contributed by atoms with Crippen LogP contribution in [-0.2, 0) is 4.74 Å². The molecule has 0 unspecified atom stereocenters. The first kappa shape index (κ1) is 18.3. The van der Waals surface area contributed by atoms with E-state index in [0.717, 1.165) is 23.8 Å². The fourth-order valence-electron chi connectivity index (χ4n) is 3.47. The molecule has 0 aliphatic carbocycles. The van der Waals surface area contributed by atoms with Crippen molar-refractivity contribution in [2.45, 2.75) is 39.7 Å². The molecule has 6 heteroatoms. The Kier molecular flexibility index (Phi) is 5.49. The lowest BCUT2D eigenvalue weighted by atomic mass is 9.91. The summed E-state index contributed by atoms with van der Waals surface area (Å²) in [6, 6.07) is 7.55. The number of hydrogen-bond donors (Lipinski definition) is 1. The van der Waals surface area contributed by atoms with Crippen LogP contribution in [0, 0.1) is 12.8 Å². The number of benzene rings is 1. The maximum Gasteiger partial charge on any atom is 0.409 e. The highest BCUT2D eigenvalue weighted by Gasteiger charge is 2.29. The summed E-state index contributed by atoms with van der Waals surface area (Å²) in [5, 5.41) is 3.95. The molecule has 6 nitrogen and oxygen atoms in total. The minimum Gasteiger partial charge on any atom is -0.451 e. The second kappa shape index (κ2) is 7.81. The molecule has 1 aromatic heterocycles. The van der Waals surface area contributed by atoms with E-state index in [1.165, 1.54) is 0 Å². The van der Waals surface area contributed by atoms with Gasteiger partial charge in [0, 0.05) is 24.5 Å². The van der Waals surface area contributed by atoms with E-state index >= 15 is 0 Å². The van der Waals surface area contributed by atoms with E-state index in [9.17, 15) is 9.59 Å². The van der Waals surface area contributed by atoms with E-state index in [0.29, 0.717) is 31.0 Å². The Morgan fingerprint density at radius 1 is 1.38 bits per heavy atom. The third-order valence-electron chi connectivity index (χ3n) is 4.95. The highest BCUT2D eigenvalue weighted by atomic mass is 16.6. The van der Waals surface area contributed by atoms with E-state index in [1.807, 2.05) is 32.0 Å². The van der Waals surface area contributed by atoms with Gasteiger partial charge in [-0.15, -0.1) is 0 Å². The molecule has 3 rings (SSSR count). The Morgan fingerprint density at radius 3 is 2.96 bits per heavy atom. The Balaban J connectivity index is 1.63. The smallest absolute Gasteiger partial charge is 0.409 e. The fraction of sp³-hybridized carbons (Fsp3) is 0.500. The van der Waals surface area contributed by atoms with Crippen LogP contribution in [-0.4, -0.2) is 42.6 Å². The lowest BCUT2D eigenvalue weighted by Gasteiger charge is -2.35. The van der Waals surface area contributed by atoms with E-state index in [4.69, 9.17) is 9.15 Å². The van der Waals surface area contributed by atoms with E-state index < -0.39 is 0 Å². The van der Waals surface area contributed by atoms with Gasteiger partial charge in [-0.3, -0.25) is 4.79 Å². The predicted molar refractivity (Wildman–Crippen MR) is 99.2 cm³/mol. The number of fused-ring (bicyclic) bond motifs is 1. The number of hydrogen-bond acceptors (Lipinski definition) is 4. The summed E-state index contributed by atoms with van der Waals surface area (Å²) in [6.45, 7) is 7.46. The summed E-state index contributed by atoms with van der Waals surface area (Å²) in [7, 11) is 0. The number of amides is 2. The topological polar surface area (TPSA) is 71.8 Å². The SMILES string of the molecule is CCOC(=O)N1CCC[C@H]([C@@H](C)NC(=O)c2cc3cc(C)ccc3o2)C1. The molecule has 0 radical (unpaired) electrons. The van der Waals surface area contributed by atoms with Gasteiger partial charge in [0.1, 0.15) is 5.58 Å². The van der Waals surface area contributed by atoms with Gasteiger partial charge in [0.2, 0.25) is 0 Å². The highest BCUT2D eigenvalue weighted by molar-refractivity contribution is 5.96. The molecule has 140 valence electrons. The number of likely N-dealkylation sites (tertiary alicyclic amines) is 1. The van der Waals surface area contributed by atoms with Crippen molar-refractivity contribution >= 4 is 23.0 Å². The number of furan rings is 1. The van der Waals surface area contributed by atoms with Crippen LogP contribution in [0.5, 0.6) is 0 Å². The Hall–Kier alpha value is -2.50. The summed E-state index contributed by atoms with van der Waals surface area (Å²) < 4.78 is 10.8. The molecule has 1 aliphatic rings. The molecule has 1 N–H and O–H groups in total. The van der Waals surface area contributed by atoms with Gasteiger partial charge in [-0.1, -0.05) is 11.6 Å². The van der Waals surface area contributed by atoms with Gasteiger partial charge >= 0.3 is 6.09 Å². The minimum absolute atomic E-state index is 0.0605. The van der Waals surface area contributed by atoms with E-state index in [2.05, 4.69) is 5.32 Å². The molecule has 2 atom stereocenters. The fourth-order valence-corrected chi connectivity index (χ4v) is 3.47. The third kappa shape index (κ3) is 4.00. The first-order chi connectivity index (χ1) is 12.5. The van der Waals surface area contributed by atoms with Crippen LogP contribution in [0.2, 0.25) is 0 Å². The Bertz CT molecular complexity index is 798. The van der Waals surface area contributed by atoms with E-state index in [-0.39, 0.29) is 24.0 Å². The maximum atomic E-state index is 12.6. The summed E-state index contributed by atoms with van der Waals surface area (Å²) in [5.74, 6) is 0.291. The van der Waals surface area contributed by atoms with Gasteiger partial charge in [0.05, 0.1) is 6.61 Å². The van der Waals surface area contributed by atoms with Crippen LogP contribution in [0.25, 0.3) is 11.0 Å². The Labute approximate surface area is 153 Å². The number of piperidine rings is 1. The van der Waals surface area contributed by atoms with Crippen molar-refractivity contribution in [1.82, 2.24) is 10.2 Å². The molecule has 1 fully saturated rings. The van der Waals surface area contributed by atoms with Crippen LogP contribution in [0.3, 0.4) is 0 Å². The molecule has 0 bridgehead atoms. The first-order valence-corrected chi connectivity index (χ1v) is 9.20. The largest absolute Gasteiger partial charge is 0.451 e. The quantitative estimate of drug-likeness (QED) is 0.904. The minimum atomic E-state index is -0.275. The number of nitrogens with zero attached hydrogens (tertiary/aromatic N) is 1. The van der Waals surface area contributed by atoms with E-state index in [1.54, 1.807) is 17.9 Å². The standard InChI is InChI=1S/C20H26N2O4/c1-4-25-20(24)22-9-5-6-15(12-22)14(3)21-19(23)18-11-16-10-13(2)7-8-17(16)26-18/h7-8,10-11,14-15H,4-6,9,12H2,1-3H3,(H,21,23)/t14-,15+/m1/s1. The van der Waals surface area contributed by atoms with Gasteiger partial charge in [0.15, 0.2) is 5.76 Å². The number of nitrogens with one attached hydrogen (secondary N) is 1. The van der Waals surface area contributed by atoms with Gasteiger partial charge in [-0.25, -0.2) is 4.79 Å². The van der Waals surface area contributed by atoms with Crippen LogP contribution >= 0.6 is 0 Å². The van der Waals surface area contributed by atoms with Crippen molar-refractivity contribution in [2.75, 3.05) is 19.7 Å². The third-order valence-corrected chi connectivity index (χ3v) is 4.95. The van der Waals surface area contributed by atoms with Crippen molar-refractivity contribution in [2.24, 2.45) is 5.92 Å². The second-order valence-electron chi connectivity index (χ2n) is 6.96. The zero-order valence-electron chi connectivity index (χ0n) is 15.6. The number of carbonyl (C=O) groups is 2. The number of carbonyl (C=O) groups excluding carboxylic acids is 2. The highest BCUT2D eigenvalue weighted by Crippen LogP contribution is 2.23. The van der Waals surface area contributed by atoms with Gasteiger partial charge in [0.25, 0.3) is 5.91 Å². The molecule has 0 spiro atoms. The molecule has 0 saturated carbocycles. The summed E-state index contributed by atoms with van der Waals surface area (Å²) in [6.07, 6.45) is 1.60. The van der Waals surface area contributed by atoms with Crippen molar-refractivity contribution in [1.29, 1.82) is 0 Å². The van der Waals surface area contributed by atoms with Crippen LogP contribution < -0.4 is 5.32 Å². The van der Waals surface area contributed by atoms with Crippen LogP contribution in [0.1, 0.15) is 42.8 Å². The lowest BCUT2D eigenvalue weighted by Crippen LogP contribution is -2.48. The molecule has 1 aromatic carbocycles. The van der Waals surface area contributed by atoms with Gasteiger partial charge in [-0.05, 0) is 57.7 Å². The molecule has 1 aliphatic heterocycles. The summed E-state index contributed by atoms with van der Waals surface area (Å²) in [5.41, 5.74) is 1.83. The maximum absolute atomic E-state index is 12.6. The molecule has 2 amide bonds. The molecule has 1 saturated heterocycles. The van der Waals surface area contributed by atoms with Crippen molar-refractivity contribution < 1.29 is 18.7 Å².